The Bertz CT molecular complexity index is 4460. The lowest BCUT2D eigenvalue weighted by molar-refractivity contribution is -0.348. The molecule has 4 amide bonds. The van der Waals surface area contributed by atoms with Gasteiger partial charge in [-0.1, -0.05) is 86.4 Å². The predicted molar refractivity (Wildman–Crippen MR) is 401 cm³/mol. The van der Waals surface area contributed by atoms with Crippen molar-refractivity contribution in [2.75, 3.05) is 64.1 Å². The van der Waals surface area contributed by atoms with Crippen LogP contribution in [0.5, 0.6) is 5.75 Å². The molecule has 2 fully saturated rings. The van der Waals surface area contributed by atoms with E-state index < -0.39 is 180 Å². The number of nitrogens with one attached hydrogen (secondary N) is 4. The number of phosphoric ester groups is 6. The molecule has 13 N–H and O–H groups in total. The number of nitrogen functional groups attached to an aromatic ring is 2. The number of aromatic nitrogens is 8. The Labute approximate surface area is 692 Å². The molecule has 680 valence electrons. The van der Waals surface area contributed by atoms with Crippen LogP contribution in [0.3, 0.4) is 0 Å². The number of imidazole rings is 2. The molecule has 14 unspecified atom stereocenters. The molecule has 121 heavy (non-hydrogen) atoms. The Balaban J connectivity index is 0.703. The summed E-state index contributed by atoms with van der Waals surface area (Å²) in [4.78, 5) is 197. The molecule has 2 aliphatic heterocycles. The van der Waals surface area contributed by atoms with Gasteiger partial charge in [-0.05, 0) is 60.5 Å². The average Bonchev–Trinajstić information content (AvgIpc) is 1.62. The van der Waals surface area contributed by atoms with Gasteiger partial charge in [-0.3, -0.25) is 56.2 Å². The number of Topliss-reactive ketones (excluding diaryl/α,β-unsaturated/α-hetero) is 2. The van der Waals surface area contributed by atoms with Crippen molar-refractivity contribution in [3.05, 3.63) is 54.6 Å². The van der Waals surface area contributed by atoms with Crippen LogP contribution in [0.1, 0.15) is 156 Å². The second kappa shape index (κ2) is 42.6. The number of carbonyl (C=O) groups is 6. The number of aromatic hydroxyl groups is 1. The minimum absolute atomic E-state index is 0.00333. The Morgan fingerprint density at radius 3 is 1.21 bits per heavy atom. The molecular formula is C66H98N14O35P6-8. The molecule has 1 aromatic carbocycles. The number of rotatable bonds is 52. The summed E-state index contributed by atoms with van der Waals surface area (Å²) in [6.07, 6.45) is -10.2. The van der Waals surface area contributed by atoms with Crippen molar-refractivity contribution in [2.24, 2.45) is 21.7 Å². The summed E-state index contributed by atoms with van der Waals surface area (Å²) in [6, 6.07) is 5.56. The number of hydrogen-bond donors (Lipinski definition) is 11. The fourth-order valence-electron chi connectivity index (χ4n) is 12.8. The molecule has 0 aliphatic carbocycles. The SMILES string of the molecule is CC(C)(CCCCc1cccc(CCCCC(C)(C)CC(=O)CCNC(=O)CCNC(=O)C(O)C(C)(C)COP(=O)([O-])OP(=O)([O-])OCC2OC(n3cnc4c(N)ncnc43)C(O)C2OP(=O)([O-])[O-])c1O)CC(=O)CCNC(=O)CCNC(=O)C(O)C(C)(C)COP(=O)([O-])OP(=O)([O-])OCC1OC(n2cnc3c(N)ncnc32)C(O)C1OP(=O)([O-])[O-]. The Hall–Kier alpha value is -6.56. The van der Waals surface area contributed by atoms with Crippen molar-refractivity contribution in [1.29, 1.82) is 0 Å². The largest absolute Gasteiger partial charge is 0.790 e. The van der Waals surface area contributed by atoms with Gasteiger partial charge in [0.05, 0.1) is 54.7 Å². The zero-order valence-electron chi connectivity index (χ0n) is 66.8. The van der Waals surface area contributed by atoms with Crippen LogP contribution in [0, 0.1) is 21.7 Å². The van der Waals surface area contributed by atoms with E-state index in [-0.39, 0.29) is 116 Å². The number of para-hydroxylation sites is 1. The zero-order valence-corrected chi connectivity index (χ0v) is 72.1. The topological polar surface area (TPSA) is 770 Å². The lowest BCUT2D eigenvalue weighted by atomic mass is 9.81. The van der Waals surface area contributed by atoms with Crippen molar-refractivity contribution in [2.45, 2.75) is 207 Å². The summed E-state index contributed by atoms with van der Waals surface area (Å²) < 4.78 is 123. The second-order valence-electron chi connectivity index (χ2n) is 31.6. The minimum Gasteiger partial charge on any atom is -0.790 e. The summed E-state index contributed by atoms with van der Waals surface area (Å²) in [5, 5.41) is 64.4. The van der Waals surface area contributed by atoms with Gasteiger partial charge in [-0.2, -0.15) is 0 Å². The van der Waals surface area contributed by atoms with Crippen LogP contribution in [0.4, 0.5) is 11.6 Å². The number of fused-ring (bicyclic) bond motifs is 2. The number of hydrogen-bond acceptors (Lipinski definition) is 43. The third-order valence-corrected chi connectivity index (χ3v) is 25.2. The predicted octanol–water partition coefficient (Wildman–Crippen LogP) is -2.65. The van der Waals surface area contributed by atoms with Crippen LogP contribution in [0.25, 0.3) is 22.3 Å². The quantitative estimate of drug-likeness (QED) is 0.0140. The molecule has 55 heteroatoms. The standard InChI is InChI=1S/C66H106N14O35P6/c1-63(2,28-40(81)18-24-69-44(83)20-26-71-59(90)53(88)65(5,6)32-108-120(102,103)114-118(98,99)106-30-42-51(112-116(92,93)94)49(86)61(110-42)79-36-77-46-55(67)73-34-75-57(46)79)22-11-9-14-38-16-13-17-39(48(38)85)15-10-12-23-64(3,4)29-41(82)19-25-70-45(84)21-27-72-60(91)54(89)66(7,8)33-109-121(104,105)115-119(100,101)107-31-43-52(113-117(95,96)97)50(87)62(111-43)80-37-78-47-56(68)74-35-76-58(47)80/h13,16-17,34-37,42-43,49-54,61-62,85-89H,9-12,14-15,18-33H2,1-8H3,(H,69,83)(H,70,84)(H,71,90)(H,72,91)(H,98,99)(H,100,101)(H,102,103)(H,104,105)(H2,67,73,75)(H2,68,74,76)(H2,92,93,94)(H2,95,96,97)/p-8. The van der Waals surface area contributed by atoms with Crippen molar-refractivity contribution >= 4 is 116 Å². The first-order chi connectivity index (χ1) is 56.0. The molecule has 0 bridgehead atoms. The van der Waals surface area contributed by atoms with Crippen LogP contribution in [-0.4, -0.2) is 201 Å². The van der Waals surface area contributed by atoms with Gasteiger partial charge < -0.3 is 143 Å². The number of phosphoric acid groups is 6. The van der Waals surface area contributed by atoms with E-state index in [0.717, 1.165) is 58.4 Å². The highest BCUT2D eigenvalue weighted by Gasteiger charge is 2.50. The molecular weight excluding hydrogens is 1730 g/mol. The number of nitrogens with zero attached hydrogens (tertiary/aromatic N) is 8. The van der Waals surface area contributed by atoms with E-state index in [0.29, 0.717) is 38.5 Å². The number of ether oxygens (including phenoxy) is 2. The van der Waals surface area contributed by atoms with E-state index in [1.807, 2.05) is 45.9 Å². The fraction of sp³-hybridized carbons (Fsp3) is 0.667. The maximum Gasteiger partial charge on any atom is 0.274 e. The first kappa shape index (κ1) is 102. The molecule has 7 rings (SSSR count). The van der Waals surface area contributed by atoms with E-state index in [2.05, 4.69) is 86.9 Å². The number of phenols is 1. The second-order valence-corrected chi connectivity index (χ2v) is 39.7. The number of aliphatic hydroxyl groups is 4. The monoisotopic (exact) mass is 1830 g/mol. The van der Waals surface area contributed by atoms with E-state index in [9.17, 15) is 121 Å². The summed E-state index contributed by atoms with van der Waals surface area (Å²) in [7, 11) is -35.7. The number of nitrogens with two attached hydrogens (primary N) is 2. The molecule has 14 atom stereocenters. The molecule has 2 saturated heterocycles. The van der Waals surface area contributed by atoms with E-state index in [1.54, 1.807) is 0 Å². The van der Waals surface area contributed by atoms with Crippen LogP contribution in [-0.2, 0) is 114 Å². The number of unbranched alkanes of at least 4 members (excludes halogenated alkanes) is 2. The lowest BCUT2D eigenvalue weighted by Gasteiger charge is -2.36. The number of phenolic OH excluding ortho intramolecular Hbond substituents is 1. The van der Waals surface area contributed by atoms with Crippen LogP contribution < -0.4 is 71.9 Å². The van der Waals surface area contributed by atoms with Crippen LogP contribution in [0.15, 0.2) is 43.5 Å². The summed E-state index contributed by atoms with van der Waals surface area (Å²) in [5.74, 6) is -3.53. The van der Waals surface area contributed by atoms with Gasteiger partial charge in [0.2, 0.25) is 23.6 Å². The number of benzene rings is 1. The maximum atomic E-state index is 13.0. The first-order valence-electron chi connectivity index (χ1n) is 37.5. The summed E-state index contributed by atoms with van der Waals surface area (Å²) >= 11 is 0. The minimum atomic E-state index is -6.00. The Morgan fingerprint density at radius 1 is 0.512 bits per heavy atom. The first-order valence-corrected chi connectivity index (χ1v) is 46.2. The van der Waals surface area contributed by atoms with Gasteiger partial charge in [-0.15, -0.1) is 0 Å². The molecule has 2 aliphatic rings. The molecule has 0 saturated carbocycles. The van der Waals surface area contributed by atoms with Gasteiger partial charge in [0.25, 0.3) is 31.3 Å². The Kier molecular flexibility index (Phi) is 35.8. The zero-order chi connectivity index (χ0) is 90.2. The molecule has 4 aromatic heterocycles. The summed E-state index contributed by atoms with van der Waals surface area (Å²) in [6.45, 7) is 7.02. The number of amides is 4. The lowest BCUT2D eigenvalue weighted by Crippen LogP contribution is -2.46. The number of aryl methyl sites for hydroxylation is 2. The third-order valence-electron chi connectivity index (χ3n) is 19.2. The molecule has 6 heterocycles. The average molecular weight is 1830 g/mol. The highest BCUT2D eigenvalue weighted by Crippen LogP contribution is 2.58. The molecule has 49 nitrogen and oxygen atoms in total. The van der Waals surface area contributed by atoms with Gasteiger partial charge in [-0.25, -0.2) is 38.5 Å². The molecule has 0 radical (unpaired) electrons. The number of anilines is 2. The van der Waals surface area contributed by atoms with Gasteiger partial charge in [0.15, 0.2) is 35.4 Å². The number of carbonyl (C=O) groups excluding carboxylic acids is 6. The molecule has 5 aromatic rings. The summed E-state index contributed by atoms with van der Waals surface area (Å²) in [5.41, 5.74) is 8.64. The van der Waals surface area contributed by atoms with E-state index in [4.69, 9.17) is 20.9 Å². The van der Waals surface area contributed by atoms with Crippen LogP contribution >= 0.6 is 46.9 Å². The smallest absolute Gasteiger partial charge is 0.274 e. The third kappa shape index (κ3) is 31.5. The fourth-order valence-corrected chi connectivity index (χ4v) is 18.3. The maximum absolute atomic E-state index is 13.0. The van der Waals surface area contributed by atoms with Crippen molar-refractivity contribution < 1.29 is 166 Å². The van der Waals surface area contributed by atoms with E-state index >= 15 is 0 Å². The number of ketones is 2. The van der Waals surface area contributed by atoms with Crippen molar-refractivity contribution in [1.82, 2.24) is 60.3 Å². The highest BCUT2D eigenvalue weighted by atomic mass is 31.3. The molecule has 0 spiro atoms. The van der Waals surface area contributed by atoms with Crippen molar-refractivity contribution in [3.63, 3.8) is 0 Å². The Morgan fingerprint density at radius 2 is 0.860 bits per heavy atom. The van der Waals surface area contributed by atoms with Gasteiger partial charge in [0, 0.05) is 75.5 Å². The normalized spacial score (nSPS) is 21.4. The van der Waals surface area contributed by atoms with Crippen LogP contribution in [0.2, 0.25) is 0 Å². The van der Waals surface area contributed by atoms with Gasteiger partial charge in [0.1, 0.15) is 89.8 Å². The van der Waals surface area contributed by atoms with E-state index in [1.165, 1.54) is 27.7 Å². The van der Waals surface area contributed by atoms with Crippen molar-refractivity contribution in [3.8, 4) is 5.75 Å². The number of aliphatic hydroxyl groups excluding tert-OH is 4. The van der Waals surface area contributed by atoms with Gasteiger partial charge >= 0.3 is 0 Å². The highest BCUT2D eigenvalue weighted by molar-refractivity contribution is 7.60.